The summed E-state index contributed by atoms with van der Waals surface area (Å²) in [6.07, 6.45) is -0.382. The molecular weight excluding hydrogens is 368 g/mol. The van der Waals surface area contributed by atoms with Gasteiger partial charge < -0.3 is 19.7 Å². The van der Waals surface area contributed by atoms with Gasteiger partial charge in [-0.2, -0.15) is 0 Å². The molecule has 6 heteroatoms. The first kappa shape index (κ1) is 22.3. The van der Waals surface area contributed by atoms with Gasteiger partial charge in [0.15, 0.2) is 0 Å². The van der Waals surface area contributed by atoms with Gasteiger partial charge in [0.2, 0.25) is 0 Å². The average molecular weight is 399 g/mol. The summed E-state index contributed by atoms with van der Waals surface area (Å²) in [7, 11) is 0. The number of rotatable bonds is 7. The molecule has 6 nitrogen and oxygen atoms in total. The monoisotopic (exact) mass is 398 g/mol. The van der Waals surface area contributed by atoms with Gasteiger partial charge in [-0.3, -0.25) is 4.79 Å². The molecule has 156 valence electrons. The first-order valence-corrected chi connectivity index (χ1v) is 9.83. The Morgan fingerprint density at radius 1 is 1.00 bits per heavy atom. The van der Waals surface area contributed by atoms with E-state index in [2.05, 4.69) is 5.32 Å². The third kappa shape index (κ3) is 6.82. The minimum Gasteiger partial charge on any atom is -0.494 e. The van der Waals surface area contributed by atoms with Crippen molar-refractivity contribution in [2.45, 2.75) is 46.8 Å². The Morgan fingerprint density at radius 2 is 1.66 bits per heavy atom. The Hall–Kier alpha value is -3.02. The van der Waals surface area contributed by atoms with Crippen LogP contribution in [0.2, 0.25) is 0 Å². The van der Waals surface area contributed by atoms with Gasteiger partial charge in [0.1, 0.15) is 11.4 Å². The van der Waals surface area contributed by atoms with Crippen molar-refractivity contribution in [1.82, 2.24) is 4.90 Å². The molecule has 0 aliphatic rings. The SMILES string of the molecule is CCOc1ccc(C(=O)Nc2ccccc2CN(CC)C(=O)OC(C)(C)C)cc1. The summed E-state index contributed by atoms with van der Waals surface area (Å²) < 4.78 is 10.9. The molecule has 2 aromatic carbocycles. The molecule has 0 bridgehead atoms. The summed E-state index contributed by atoms with van der Waals surface area (Å²) in [4.78, 5) is 26.7. The summed E-state index contributed by atoms with van der Waals surface area (Å²) in [6.45, 7) is 10.7. The maximum atomic E-state index is 12.7. The summed E-state index contributed by atoms with van der Waals surface area (Å²) in [6, 6.07) is 14.4. The number of para-hydroxylation sites is 1. The molecule has 0 aromatic heterocycles. The molecule has 0 spiro atoms. The van der Waals surface area contributed by atoms with E-state index in [0.717, 1.165) is 11.3 Å². The number of carbonyl (C=O) groups excluding carboxylic acids is 2. The number of hydrogen-bond acceptors (Lipinski definition) is 4. The number of carbonyl (C=O) groups is 2. The van der Waals surface area contributed by atoms with Crippen molar-refractivity contribution in [3.8, 4) is 5.75 Å². The van der Waals surface area contributed by atoms with Gasteiger partial charge in [0, 0.05) is 17.8 Å². The highest BCUT2D eigenvalue weighted by molar-refractivity contribution is 6.04. The molecule has 0 aliphatic heterocycles. The summed E-state index contributed by atoms with van der Waals surface area (Å²) >= 11 is 0. The number of hydrogen-bond donors (Lipinski definition) is 1. The van der Waals surface area contributed by atoms with Gasteiger partial charge in [0.05, 0.1) is 13.2 Å². The number of nitrogens with one attached hydrogen (secondary N) is 1. The van der Waals surface area contributed by atoms with Gasteiger partial charge in [-0.1, -0.05) is 18.2 Å². The lowest BCUT2D eigenvalue weighted by molar-refractivity contribution is 0.0245. The molecule has 2 rings (SSSR count). The second-order valence-electron chi connectivity index (χ2n) is 7.56. The van der Waals surface area contributed by atoms with Crippen LogP contribution in [0.4, 0.5) is 10.5 Å². The molecule has 0 fully saturated rings. The molecule has 29 heavy (non-hydrogen) atoms. The maximum Gasteiger partial charge on any atom is 0.410 e. The predicted molar refractivity (Wildman–Crippen MR) is 114 cm³/mol. The zero-order valence-corrected chi connectivity index (χ0v) is 17.8. The molecule has 0 atom stereocenters. The Morgan fingerprint density at radius 3 is 2.24 bits per heavy atom. The van der Waals surface area contributed by atoms with E-state index in [4.69, 9.17) is 9.47 Å². The highest BCUT2D eigenvalue weighted by atomic mass is 16.6. The molecule has 0 radical (unpaired) electrons. The van der Waals surface area contributed by atoms with Crippen LogP contribution in [0.15, 0.2) is 48.5 Å². The third-order valence-electron chi connectivity index (χ3n) is 4.09. The van der Waals surface area contributed by atoms with E-state index in [-0.39, 0.29) is 12.0 Å². The van der Waals surface area contributed by atoms with Crippen molar-refractivity contribution in [1.29, 1.82) is 0 Å². The Kier molecular flexibility index (Phi) is 7.65. The van der Waals surface area contributed by atoms with E-state index < -0.39 is 5.60 Å². The quantitative estimate of drug-likeness (QED) is 0.705. The fourth-order valence-corrected chi connectivity index (χ4v) is 2.68. The van der Waals surface area contributed by atoms with E-state index in [1.54, 1.807) is 29.2 Å². The third-order valence-corrected chi connectivity index (χ3v) is 4.09. The average Bonchev–Trinajstić information content (AvgIpc) is 2.66. The predicted octanol–water partition coefficient (Wildman–Crippen LogP) is 5.09. The lowest BCUT2D eigenvalue weighted by Crippen LogP contribution is -2.36. The highest BCUT2D eigenvalue weighted by Gasteiger charge is 2.22. The molecule has 0 heterocycles. The highest BCUT2D eigenvalue weighted by Crippen LogP contribution is 2.20. The van der Waals surface area contributed by atoms with E-state index in [9.17, 15) is 9.59 Å². The standard InChI is InChI=1S/C23H30N2O4/c1-6-25(22(27)29-23(3,4)5)16-18-10-8-9-11-20(18)24-21(26)17-12-14-19(15-13-17)28-7-2/h8-15H,6-7,16H2,1-5H3,(H,24,26). The normalized spacial score (nSPS) is 10.9. The first-order chi connectivity index (χ1) is 13.7. The Balaban J connectivity index is 2.13. The van der Waals surface area contributed by atoms with Crippen molar-refractivity contribution in [3.05, 3.63) is 59.7 Å². The molecule has 2 amide bonds. The van der Waals surface area contributed by atoms with Crippen LogP contribution in [0.1, 0.15) is 50.5 Å². The second-order valence-corrected chi connectivity index (χ2v) is 7.56. The second kappa shape index (κ2) is 9.96. The molecule has 1 N–H and O–H groups in total. The summed E-state index contributed by atoms with van der Waals surface area (Å²) in [5.74, 6) is 0.501. The van der Waals surface area contributed by atoms with Gasteiger partial charge in [-0.05, 0) is 70.5 Å². The fourth-order valence-electron chi connectivity index (χ4n) is 2.68. The number of amides is 2. The lowest BCUT2D eigenvalue weighted by atomic mass is 10.1. The van der Waals surface area contributed by atoms with Crippen molar-refractivity contribution in [3.63, 3.8) is 0 Å². The van der Waals surface area contributed by atoms with Crippen LogP contribution >= 0.6 is 0 Å². The van der Waals surface area contributed by atoms with Gasteiger partial charge in [0.25, 0.3) is 5.91 Å². The minimum absolute atomic E-state index is 0.221. The largest absolute Gasteiger partial charge is 0.494 e. The van der Waals surface area contributed by atoms with Gasteiger partial charge in [-0.25, -0.2) is 4.79 Å². The maximum absolute atomic E-state index is 12.7. The summed E-state index contributed by atoms with van der Waals surface area (Å²) in [5.41, 5.74) is 1.46. The molecule has 0 saturated carbocycles. The van der Waals surface area contributed by atoms with Crippen molar-refractivity contribution >= 4 is 17.7 Å². The number of ether oxygens (including phenoxy) is 2. The summed E-state index contributed by atoms with van der Waals surface area (Å²) in [5, 5.41) is 2.94. The zero-order valence-electron chi connectivity index (χ0n) is 17.8. The minimum atomic E-state index is -0.564. The molecule has 2 aromatic rings. The molecule has 0 saturated heterocycles. The van der Waals surface area contributed by atoms with Crippen LogP contribution in [-0.4, -0.2) is 35.7 Å². The Bertz CT molecular complexity index is 826. The van der Waals surface area contributed by atoms with Crippen LogP contribution in [0.5, 0.6) is 5.75 Å². The van der Waals surface area contributed by atoms with Crippen LogP contribution in [0.25, 0.3) is 0 Å². The first-order valence-electron chi connectivity index (χ1n) is 9.83. The zero-order chi connectivity index (χ0) is 21.4. The molecular formula is C23H30N2O4. The lowest BCUT2D eigenvalue weighted by Gasteiger charge is -2.27. The molecule has 0 aliphatic carbocycles. The van der Waals surface area contributed by atoms with Crippen molar-refractivity contribution < 1.29 is 19.1 Å². The van der Waals surface area contributed by atoms with Crippen LogP contribution in [0.3, 0.4) is 0 Å². The van der Waals surface area contributed by atoms with Crippen LogP contribution in [0, 0.1) is 0 Å². The van der Waals surface area contributed by atoms with Crippen molar-refractivity contribution in [2.75, 3.05) is 18.5 Å². The number of anilines is 1. The number of benzene rings is 2. The van der Waals surface area contributed by atoms with Crippen molar-refractivity contribution in [2.24, 2.45) is 0 Å². The number of nitrogens with zero attached hydrogens (tertiary/aromatic N) is 1. The fraction of sp³-hybridized carbons (Fsp3) is 0.391. The smallest absolute Gasteiger partial charge is 0.410 e. The van der Waals surface area contributed by atoms with Crippen LogP contribution in [-0.2, 0) is 11.3 Å². The van der Waals surface area contributed by atoms with Gasteiger partial charge >= 0.3 is 6.09 Å². The van der Waals surface area contributed by atoms with Crippen LogP contribution < -0.4 is 10.1 Å². The molecule has 0 unspecified atom stereocenters. The van der Waals surface area contributed by atoms with Gasteiger partial charge in [-0.15, -0.1) is 0 Å². The van der Waals surface area contributed by atoms with E-state index in [1.165, 1.54) is 0 Å². The van der Waals surface area contributed by atoms with E-state index >= 15 is 0 Å². The topological polar surface area (TPSA) is 67.9 Å². The van der Waals surface area contributed by atoms with E-state index in [0.29, 0.717) is 30.9 Å². The van der Waals surface area contributed by atoms with E-state index in [1.807, 2.05) is 58.9 Å². The Labute approximate surface area is 172 Å².